The van der Waals surface area contributed by atoms with Gasteiger partial charge in [-0.05, 0) is 64.2 Å². The Morgan fingerprint density at radius 3 is 1.19 bits per heavy atom. The molecular formula is C48H83NO3. The maximum atomic E-state index is 12.4. The molecule has 2 atom stereocenters. The molecule has 52 heavy (non-hydrogen) atoms. The molecule has 0 fully saturated rings. The zero-order valence-corrected chi connectivity index (χ0v) is 34.0. The maximum absolute atomic E-state index is 12.4. The van der Waals surface area contributed by atoms with Crippen LogP contribution in [0.2, 0.25) is 0 Å². The summed E-state index contributed by atoms with van der Waals surface area (Å²) in [6.45, 7) is 4.21. The van der Waals surface area contributed by atoms with Crippen LogP contribution >= 0.6 is 0 Å². The van der Waals surface area contributed by atoms with Crippen LogP contribution in [-0.2, 0) is 4.79 Å². The molecule has 1 amide bonds. The highest BCUT2D eigenvalue weighted by Crippen LogP contribution is 2.15. The lowest BCUT2D eigenvalue weighted by Crippen LogP contribution is -2.45. The van der Waals surface area contributed by atoms with Crippen LogP contribution in [0.15, 0.2) is 85.1 Å². The lowest BCUT2D eigenvalue weighted by Gasteiger charge is -2.22. The summed E-state index contributed by atoms with van der Waals surface area (Å²) in [5, 5.41) is 23.1. The largest absolute Gasteiger partial charge is 0.394 e. The van der Waals surface area contributed by atoms with Crippen molar-refractivity contribution < 1.29 is 15.0 Å². The Balaban J connectivity index is 3.70. The lowest BCUT2D eigenvalue weighted by atomic mass is 10.0. The fourth-order valence-corrected chi connectivity index (χ4v) is 6.11. The predicted octanol–water partition coefficient (Wildman–Crippen LogP) is 13.7. The van der Waals surface area contributed by atoms with Crippen molar-refractivity contribution in [1.29, 1.82) is 0 Å². The number of aliphatic hydroxyl groups is 2. The molecule has 0 heterocycles. The molecule has 0 saturated carbocycles. The second-order valence-electron chi connectivity index (χ2n) is 14.4. The Hall–Kier alpha value is -2.43. The van der Waals surface area contributed by atoms with E-state index in [2.05, 4.69) is 104 Å². The summed E-state index contributed by atoms with van der Waals surface area (Å²) in [7, 11) is 0. The lowest BCUT2D eigenvalue weighted by molar-refractivity contribution is -0.123. The Kier molecular flexibility index (Phi) is 41.0. The van der Waals surface area contributed by atoms with E-state index >= 15 is 0 Å². The van der Waals surface area contributed by atoms with Crippen molar-refractivity contribution in [3.05, 3.63) is 85.1 Å². The standard InChI is InChI=1S/C48H83NO3/c1-3-5-7-9-11-13-15-17-19-21-22-23-24-25-26-28-30-32-34-36-38-40-42-44-48(52)49-46(45-50)47(51)43-41-39-37-35-33-31-29-27-20-18-16-14-12-10-8-6-4-2/h5,7,11,13,17,19,22-23,25-26,30,32,36,38,46-47,50-51H,3-4,6,8-10,12,14-16,18,20-21,24,27-29,31,33-35,37,39-45H2,1-2H3,(H,49,52)/b7-5-,13-11-,19-17-,23-22-,26-25-,32-30-,38-36-. The second kappa shape index (κ2) is 43.0. The third kappa shape index (κ3) is 38.8. The van der Waals surface area contributed by atoms with Crippen molar-refractivity contribution in [2.75, 3.05) is 6.61 Å². The second-order valence-corrected chi connectivity index (χ2v) is 14.4. The number of carbonyl (C=O) groups is 1. The summed E-state index contributed by atoms with van der Waals surface area (Å²) in [5.41, 5.74) is 0. The number of hydrogen-bond acceptors (Lipinski definition) is 3. The Labute approximate surface area is 322 Å². The molecule has 0 aliphatic rings. The van der Waals surface area contributed by atoms with E-state index in [1.165, 1.54) is 96.3 Å². The van der Waals surface area contributed by atoms with Crippen molar-refractivity contribution in [2.45, 2.75) is 206 Å². The Morgan fingerprint density at radius 2 is 0.827 bits per heavy atom. The molecule has 0 rings (SSSR count). The van der Waals surface area contributed by atoms with Gasteiger partial charge in [-0.3, -0.25) is 4.79 Å². The maximum Gasteiger partial charge on any atom is 0.220 e. The van der Waals surface area contributed by atoms with Gasteiger partial charge in [0.05, 0.1) is 18.8 Å². The summed E-state index contributed by atoms with van der Waals surface area (Å²) in [4.78, 5) is 12.4. The Bertz CT molecular complexity index is 957. The molecular weight excluding hydrogens is 639 g/mol. The number of aliphatic hydroxyl groups excluding tert-OH is 2. The first-order chi connectivity index (χ1) is 25.7. The predicted molar refractivity (Wildman–Crippen MR) is 230 cm³/mol. The molecule has 0 aromatic rings. The summed E-state index contributed by atoms with van der Waals surface area (Å²) in [6, 6.07) is -0.572. The zero-order chi connectivity index (χ0) is 37.8. The normalized spacial score (nSPS) is 13.8. The fourth-order valence-electron chi connectivity index (χ4n) is 6.11. The smallest absolute Gasteiger partial charge is 0.220 e. The molecule has 0 aliphatic carbocycles. The molecule has 2 unspecified atom stereocenters. The van der Waals surface area contributed by atoms with Gasteiger partial charge in [0.15, 0.2) is 0 Å². The first-order valence-corrected chi connectivity index (χ1v) is 21.8. The van der Waals surface area contributed by atoms with Gasteiger partial charge < -0.3 is 15.5 Å². The van der Waals surface area contributed by atoms with E-state index in [-0.39, 0.29) is 12.5 Å². The number of hydrogen-bond donors (Lipinski definition) is 3. The van der Waals surface area contributed by atoms with Crippen LogP contribution in [0.25, 0.3) is 0 Å². The monoisotopic (exact) mass is 722 g/mol. The zero-order valence-electron chi connectivity index (χ0n) is 34.0. The molecule has 4 nitrogen and oxygen atoms in total. The van der Waals surface area contributed by atoms with Gasteiger partial charge in [0, 0.05) is 6.42 Å². The van der Waals surface area contributed by atoms with Crippen LogP contribution in [0.3, 0.4) is 0 Å². The summed E-state index contributed by atoms with van der Waals surface area (Å²) < 4.78 is 0. The fraction of sp³-hybridized carbons (Fsp3) is 0.688. The molecule has 0 aromatic heterocycles. The van der Waals surface area contributed by atoms with Gasteiger partial charge in [-0.25, -0.2) is 0 Å². The van der Waals surface area contributed by atoms with Gasteiger partial charge >= 0.3 is 0 Å². The molecule has 0 radical (unpaired) electrons. The average Bonchev–Trinajstić information content (AvgIpc) is 3.15. The number of nitrogens with one attached hydrogen (secondary N) is 1. The van der Waals surface area contributed by atoms with Crippen LogP contribution in [0, 0.1) is 0 Å². The van der Waals surface area contributed by atoms with Gasteiger partial charge in [-0.1, -0.05) is 208 Å². The van der Waals surface area contributed by atoms with Gasteiger partial charge in [0.2, 0.25) is 5.91 Å². The van der Waals surface area contributed by atoms with E-state index < -0.39 is 12.1 Å². The number of unbranched alkanes of at least 4 members (excludes halogenated alkanes) is 17. The molecule has 4 heteroatoms. The molecule has 0 saturated heterocycles. The highest BCUT2D eigenvalue weighted by molar-refractivity contribution is 5.76. The summed E-state index contributed by atoms with van der Waals surface area (Å²) >= 11 is 0. The van der Waals surface area contributed by atoms with Crippen LogP contribution in [0.1, 0.15) is 194 Å². The highest BCUT2D eigenvalue weighted by atomic mass is 16.3. The van der Waals surface area contributed by atoms with Gasteiger partial charge in [-0.15, -0.1) is 0 Å². The molecule has 0 spiro atoms. The van der Waals surface area contributed by atoms with Crippen molar-refractivity contribution in [3.63, 3.8) is 0 Å². The van der Waals surface area contributed by atoms with Gasteiger partial charge in [0.25, 0.3) is 0 Å². The van der Waals surface area contributed by atoms with Crippen molar-refractivity contribution in [2.24, 2.45) is 0 Å². The van der Waals surface area contributed by atoms with Crippen LogP contribution in [0.5, 0.6) is 0 Å². The van der Waals surface area contributed by atoms with E-state index in [0.717, 1.165) is 70.6 Å². The first-order valence-electron chi connectivity index (χ1n) is 21.8. The molecule has 0 bridgehead atoms. The number of amides is 1. The van der Waals surface area contributed by atoms with Crippen LogP contribution in [-0.4, -0.2) is 34.9 Å². The number of carbonyl (C=O) groups excluding carboxylic acids is 1. The van der Waals surface area contributed by atoms with E-state index in [4.69, 9.17) is 0 Å². The minimum atomic E-state index is -0.688. The highest BCUT2D eigenvalue weighted by Gasteiger charge is 2.19. The van der Waals surface area contributed by atoms with E-state index in [0.29, 0.717) is 12.8 Å². The molecule has 0 aliphatic heterocycles. The van der Waals surface area contributed by atoms with Crippen LogP contribution in [0.4, 0.5) is 0 Å². The average molecular weight is 722 g/mol. The minimum absolute atomic E-state index is 0.0918. The van der Waals surface area contributed by atoms with Crippen molar-refractivity contribution >= 4 is 5.91 Å². The van der Waals surface area contributed by atoms with E-state index in [9.17, 15) is 15.0 Å². The quantitative estimate of drug-likeness (QED) is 0.0439. The van der Waals surface area contributed by atoms with Gasteiger partial charge in [0.1, 0.15) is 0 Å². The van der Waals surface area contributed by atoms with E-state index in [1.807, 2.05) is 0 Å². The minimum Gasteiger partial charge on any atom is -0.394 e. The third-order valence-electron chi connectivity index (χ3n) is 9.42. The number of rotatable bonds is 38. The molecule has 3 N–H and O–H groups in total. The topological polar surface area (TPSA) is 69.6 Å². The summed E-state index contributed by atoms with van der Waals surface area (Å²) in [6.07, 6.45) is 62.3. The summed E-state index contributed by atoms with van der Waals surface area (Å²) in [5.74, 6) is -0.0918. The Morgan fingerprint density at radius 1 is 0.481 bits per heavy atom. The van der Waals surface area contributed by atoms with Crippen molar-refractivity contribution in [1.82, 2.24) is 5.32 Å². The van der Waals surface area contributed by atoms with Crippen LogP contribution < -0.4 is 5.32 Å². The van der Waals surface area contributed by atoms with Gasteiger partial charge in [-0.2, -0.15) is 0 Å². The number of allylic oxidation sites excluding steroid dienone is 14. The van der Waals surface area contributed by atoms with Crippen molar-refractivity contribution in [3.8, 4) is 0 Å². The third-order valence-corrected chi connectivity index (χ3v) is 9.42. The van der Waals surface area contributed by atoms with E-state index in [1.54, 1.807) is 0 Å². The molecule has 298 valence electrons. The first kappa shape index (κ1) is 49.6. The SMILES string of the molecule is CC/C=C\C/C=C\C/C=C\C/C=C\C/C=C\C/C=C\C/C=C\CCCC(=O)NC(CO)C(O)CCCCCCCCCCCCCCCCCCC. The molecule has 0 aromatic carbocycles.